The zero-order chi connectivity index (χ0) is 15.8. The fourth-order valence-electron chi connectivity index (χ4n) is 2.34. The molecule has 1 aliphatic heterocycles. The van der Waals surface area contributed by atoms with Crippen molar-refractivity contribution in [3.63, 3.8) is 0 Å². The summed E-state index contributed by atoms with van der Waals surface area (Å²) < 4.78 is 12.3. The number of anilines is 2. The second kappa shape index (κ2) is 5.41. The van der Waals surface area contributed by atoms with Crippen LogP contribution in [0.1, 0.15) is 27.7 Å². The lowest BCUT2D eigenvalue weighted by Gasteiger charge is -2.32. The zero-order valence-corrected chi connectivity index (χ0v) is 13.5. The lowest BCUT2D eigenvalue weighted by Crippen LogP contribution is -2.41. The van der Waals surface area contributed by atoms with Crippen molar-refractivity contribution < 1.29 is 9.31 Å². The van der Waals surface area contributed by atoms with Crippen molar-refractivity contribution in [1.82, 2.24) is 4.98 Å². The predicted octanol–water partition coefficient (Wildman–Crippen LogP) is 3.12. The van der Waals surface area contributed by atoms with Gasteiger partial charge in [0.1, 0.15) is 5.82 Å². The van der Waals surface area contributed by atoms with E-state index in [1.165, 1.54) is 0 Å². The summed E-state index contributed by atoms with van der Waals surface area (Å²) in [5.74, 6) is 0.757. The minimum atomic E-state index is -0.426. The first-order valence-electron chi connectivity index (χ1n) is 7.52. The van der Waals surface area contributed by atoms with Crippen LogP contribution in [0.25, 0.3) is 0 Å². The Morgan fingerprint density at radius 3 is 2.18 bits per heavy atom. The lowest BCUT2D eigenvalue weighted by molar-refractivity contribution is 0.00578. The quantitative estimate of drug-likeness (QED) is 0.884. The van der Waals surface area contributed by atoms with Crippen LogP contribution in [0.5, 0.6) is 0 Å². The van der Waals surface area contributed by atoms with E-state index in [0.717, 1.165) is 17.0 Å². The number of nitrogens with zero attached hydrogens (tertiary/aromatic N) is 1. The summed E-state index contributed by atoms with van der Waals surface area (Å²) in [4.78, 5) is 4.44. The maximum Gasteiger partial charge on any atom is 0.498 e. The van der Waals surface area contributed by atoms with Crippen molar-refractivity contribution in [1.29, 1.82) is 0 Å². The topological polar surface area (TPSA) is 43.4 Å². The van der Waals surface area contributed by atoms with Crippen molar-refractivity contribution in [2.75, 3.05) is 5.32 Å². The summed E-state index contributed by atoms with van der Waals surface area (Å²) in [5, 5.41) is 3.33. The van der Waals surface area contributed by atoms with E-state index in [-0.39, 0.29) is 11.2 Å². The molecule has 1 saturated heterocycles. The van der Waals surface area contributed by atoms with Crippen LogP contribution in [0.4, 0.5) is 11.5 Å². The highest BCUT2D eigenvalue weighted by Gasteiger charge is 2.52. The molecule has 1 fully saturated rings. The molecule has 114 valence electrons. The molecule has 0 spiro atoms. The Morgan fingerprint density at radius 1 is 0.909 bits per heavy atom. The Labute approximate surface area is 132 Å². The van der Waals surface area contributed by atoms with E-state index >= 15 is 0 Å². The maximum atomic E-state index is 6.13. The summed E-state index contributed by atoms with van der Waals surface area (Å²) in [5.41, 5.74) is 1.17. The monoisotopic (exact) mass is 296 g/mol. The molecule has 3 rings (SSSR count). The fraction of sp³-hybridized carbons (Fsp3) is 0.353. The normalized spacial score (nSPS) is 19.2. The molecular weight excluding hydrogens is 275 g/mol. The van der Waals surface area contributed by atoms with Crippen LogP contribution in [0, 0.1) is 0 Å². The van der Waals surface area contributed by atoms with E-state index in [1.807, 2.05) is 70.2 Å². The van der Waals surface area contributed by atoms with Crippen LogP contribution in [0.3, 0.4) is 0 Å². The van der Waals surface area contributed by atoms with Crippen LogP contribution in [0.2, 0.25) is 0 Å². The number of hydrogen-bond donors (Lipinski definition) is 1. The minimum Gasteiger partial charge on any atom is -0.399 e. The molecule has 1 aromatic carbocycles. The van der Waals surface area contributed by atoms with Crippen molar-refractivity contribution in [3.05, 3.63) is 48.7 Å². The van der Waals surface area contributed by atoms with Gasteiger partial charge in [0.05, 0.1) is 11.2 Å². The molecule has 2 heterocycles. The number of hydrogen-bond acceptors (Lipinski definition) is 4. The van der Waals surface area contributed by atoms with Gasteiger partial charge in [-0.25, -0.2) is 4.98 Å². The van der Waals surface area contributed by atoms with Crippen LogP contribution in [0.15, 0.2) is 48.7 Å². The highest BCUT2D eigenvalue weighted by Crippen LogP contribution is 2.36. The molecule has 0 unspecified atom stereocenters. The highest BCUT2D eigenvalue weighted by molar-refractivity contribution is 6.63. The van der Waals surface area contributed by atoms with Crippen molar-refractivity contribution in [2.24, 2.45) is 0 Å². The standard InChI is InChI=1S/C17H21BN2O2/c1-16(2)17(3,4)22-18(21-16)14-11-8-12-19-15(14)20-13-9-6-5-7-10-13/h5-12H,1-4H3,(H,19,20). The summed E-state index contributed by atoms with van der Waals surface area (Å²) >= 11 is 0. The molecule has 0 radical (unpaired) electrons. The number of pyridine rings is 1. The Kier molecular flexibility index (Phi) is 3.71. The molecule has 1 aliphatic rings. The molecular formula is C17H21BN2O2. The third-order valence-corrected chi connectivity index (χ3v) is 4.38. The first-order chi connectivity index (χ1) is 10.4. The molecule has 4 nitrogen and oxygen atoms in total. The first kappa shape index (κ1) is 15.1. The number of aromatic nitrogens is 1. The predicted molar refractivity (Wildman–Crippen MR) is 89.7 cm³/mol. The summed E-state index contributed by atoms with van der Waals surface area (Å²) in [6.45, 7) is 8.20. The molecule has 22 heavy (non-hydrogen) atoms. The van der Waals surface area contributed by atoms with Gasteiger partial charge >= 0.3 is 7.12 Å². The van der Waals surface area contributed by atoms with E-state index in [0.29, 0.717) is 0 Å². The van der Waals surface area contributed by atoms with Crippen molar-refractivity contribution in [3.8, 4) is 0 Å². The van der Waals surface area contributed by atoms with Gasteiger partial charge < -0.3 is 14.6 Å². The first-order valence-corrected chi connectivity index (χ1v) is 7.52. The van der Waals surface area contributed by atoms with Crippen LogP contribution < -0.4 is 10.8 Å². The Hall–Kier alpha value is -1.85. The molecule has 0 aliphatic carbocycles. The van der Waals surface area contributed by atoms with E-state index in [4.69, 9.17) is 9.31 Å². The highest BCUT2D eigenvalue weighted by atomic mass is 16.7. The molecule has 5 heteroatoms. The zero-order valence-electron chi connectivity index (χ0n) is 13.5. The lowest BCUT2D eigenvalue weighted by atomic mass is 9.79. The van der Waals surface area contributed by atoms with Crippen molar-refractivity contribution >= 4 is 24.1 Å². The second-order valence-corrected chi connectivity index (χ2v) is 6.52. The molecule has 1 aromatic heterocycles. The maximum absolute atomic E-state index is 6.13. The van der Waals surface area contributed by atoms with Gasteiger partial charge in [0.25, 0.3) is 0 Å². The van der Waals surface area contributed by atoms with E-state index in [9.17, 15) is 0 Å². The average Bonchev–Trinajstić information content (AvgIpc) is 2.69. The third kappa shape index (κ3) is 2.74. The van der Waals surface area contributed by atoms with Gasteiger partial charge in [-0.3, -0.25) is 0 Å². The van der Waals surface area contributed by atoms with Gasteiger partial charge in [0.2, 0.25) is 0 Å². The Morgan fingerprint density at radius 2 is 1.55 bits per heavy atom. The SMILES string of the molecule is CC1(C)OB(c2cccnc2Nc2ccccc2)OC1(C)C. The van der Waals surface area contributed by atoms with Gasteiger partial charge in [-0.1, -0.05) is 24.3 Å². The Bertz CT molecular complexity index is 643. The van der Waals surface area contributed by atoms with Gasteiger partial charge in [-0.15, -0.1) is 0 Å². The average molecular weight is 296 g/mol. The largest absolute Gasteiger partial charge is 0.498 e. The molecule has 2 aromatic rings. The van der Waals surface area contributed by atoms with E-state index < -0.39 is 7.12 Å². The minimum absolute atomic E-state index is 0.364. The van der Waals surface area contributed by atoms with Gasteiger partial charge in [-0.05, 0) is 45.9 Å². The van der Waals surface area contributed by atoms with E-state index in [1.54, 1.807) is 6.20 Å². The number of para-hydroxylation sites is 1. The fourth-order valence-corrected chi connectivity index (χ4v) is 2.34. The Balaban J connectivity index is 1.90. The summed E-state index contributed by atoms with van der Waals surface area (Å²) in [6.07, 6.45) is 1.76. The van der Waals surface area contributed by atoms with Gasteiger partial charge in [-0.2, -0.15) is 0 Å². The third-order valence-electron chi connectivity index (χ3n) is 4.38. The van der Waals surface area contributed by atoms with Crippen molar-refractivity contribution in [2.45, 2.75) is 38.9 Å². The van der Waals surface area contributed by atoms with Crippen LogP contribution >= 0.6 is 0 Å². The van der Waals surface area contributed by atoms with Gasteiger partial charge in [0, 0.05) is 17.3 Å². The molecule has 0 bridgehead atoms. The number of nitrogens with one attached hydrogen (secondary N) is 1. The molecule has 1 N–H and O–H groups in total. The van der Waals surface area contributed by atoms with Gasteiger partial charge in [0.15, 0.2) is 0 Å². The van der Waals surface area contributed by atoms with Crippen LogP contribution in [-0.2, 0) is 9.31 Å². The number of rotatable bonds is 3. The summed E-state index contributed by atoms with van der Waals surface area (Å²) in [6, 6.07) is 13.8. The molecule has 0 saturated carbocycles. The van der Waals surface area contributed by atoms with E-state index in [2.05, 4.69) is 10.3 Å². The smallest absolute Gasteiger partial charge is 0.399 e. The number of benzene rings is 1. The summed E-state index contributed by atoms with van der Waals surface area (Å²) in [7, 11) is -0.426. The second-order valence-electron chi connectivity index (χ2n) is 6.52. The molecule has 0 atom stereocenters. The van der Waals surface area contributed by atoms with Crippen LogP contribution in [-0.4, -0.2) is 23.3 Å². The molecule has 0 amide bonds.